The molecule has 1 saturated carbocycles. The number of ether oxygens (including phenoxy) is 2. The predicted molar refractivity (Wildman–Crippen MR) is 74.2 cm³/mol. The van der Waals surface area contributed by atoms with Gasteiger partial charge in [-0.1, -0.05) is 19.1 Å². The smallest absolute Gasteiger partial charge is 0.406 e. The highest BCUT2D eigenvalue weighted by atomic mass is 19.4. The number of alkyl halides is 3. The van der Waals surface area contributed by atoms with Gasteiger partial charge in [0.15, 0.2) is 0 Å². The minimum absolute atomic E-state index is 0.182. The fourth-order valence-electron chi connectivity index (χ4n) is 2.92. The molecule has 0 heterocycles. The summed E-state index contributed by atoms with van der Waals surface area (Å²) in [6.45, 7) is 2.24. The van der Waals surface area contributed by atoms with Gasteiger partial charge in [0.25, 0.3) is 0 Å². The van der Waals surface area contributed by atoms with Crippen molar-refractivity contribution in [2.24, 2.45) is 5.92 Å². The molecule has 5 heteroatoms. The van der Waals surface area contributed by atoms with Crippen molar-refractivity contribution >= 4 is 0 Å². The second-order valence-electron chi connectivity index (χ2n) is 5.94. The van der Waals surface area contributed by atoms with E-state index >= 15 is 0 Å². The highest BCUT2D eigenvalue weighted by molar-refractivity contribution is 5.28. The van der Waals surface area contributed by atoms with E-state index in [4.69, 9.17) is 4.74 Å². The van der Waals surface area contributed by atoms with Crippen LogP contribution in [0, 0.1) is 5.92 Å². The second-order valence-corrected chi connectivity index (χ2v) is 5.94. The summed E-state index contributed by atoms with van der Waals surface area (Å²) in [5.41, 5.74) is 0.791. The van der Waals surface area contributed by atoms with Crippen LogP contribution < -0.4 is 4.74 Å². The normalized spacial score (nSPS) is 26.6. The molecule has 118 valence electrons. The van der Waals surface area contributed by atoms with E-state index in [-0.39, 0.29) is 11.4 Å². The van der Waals surface area contributed by atoms with Crippen molar-refractivity contribution in [1.29, 1.82) is 0 Å². The fourth-order valence-corrected chi connectivity index (χ4v) is 2.92. The molecule has 0 radical (unpaired) electrons. The van der Waals surface area contributed by atoms with Crippen molar-refractivity contribution in [2.75, 3.05) is 7.11 Å². The number of hydrogen-bond acceptors (Lipinski definition) is 2. The average Bonchev–Trinajstić information content (AvgIpc) is 2.42. The van der Waals surface area contributed by atoms with Gasteiger partial charge in [0.05, 0.1) is 5.60 Å². The standard InChI is InChI=1S/C16H21F3O2/c1-12-7-9-15(20-2,10-8-12)11-13-3-5-14(6-4-13)21-16(17,18)19/h3-6,12H,7-11H2,1-2H3. The molecule has 0 aromatic heterocycles. The zero-order valence-electron chi connectivity index (χ0n) is 12.4. The van der Waals surface area contributed by atoms with Crippen LogP contribution in [0.1, 0.15) is 38.2 Å². The molecule has 2 rings (SSSR count). The molecule has 0 amide bonds. The van der Waals surface area contributed by atoms with Crippen molar-refractivity contribution in [3.63, 3.8) is 0 Å². The molecule has 0 atom stereocenters. The molecule has 1 aromatic carbocycles. The van der Waals surface area contributed by atoms with Crippen LogP contribution in [-0.4, -0.2) is 19.1 Å². The molecule has 1 fully saturated rings. The van der Waals surface area contributed by atoms with Crippen LogP contribution in [0.2, 0.25) is 0 Å². The quantitative estimate of drug-likeness (QED) is 0.801. The lowest BCUT2D eigenvalue weighted by atomic mass is 9.76. The van der Waals surface area contributed by atoms with Crippen molar-refractivity contribution in [3.05, 3.63) is 29.8 Å². The summed E-state index contributed by atoms with van der Waals surface area (Å²) < 4.78 is 46.0. The Morgan fingerprint density at radius 2 is 1.71 bits per heavy atom. The maximum Gasteiger partial charge on any atom is 0.573 e. The van der Waals surface area contributed by atoms with Gasteiger partial charge in [-0.15, -0.1) is 13.2 Å². The van der Waals surface area contributed by atoms with Crippen molar-refractivity contribution < 1.29 is 22.6 Å². The van der Waals surface area contributed by atoms with Gasteiger partial charge in [0.2, 0.25) is 0 Å². The van der Waals surface area contributed by atoms with Crippen LogP contribution in [0.4, 0.5) is 13.2 Å². The van der Waals surface area contributed by atoms with Gasteiger partial charge in [0.1, 0.15) is 5.75 Å². The summed E-state index contributed by atoms with van der Waals surface area (Å²) in [4.78, 5) is 0. The first kappa shape index (κ1) is 16.1. The molecule has 2 nitrogen and oxygen atoms in total. The molecule has 0 saturated heterocycles. The van der Waals surface area contributed by atoms with E-state index in [1.54, 1.807) is 19.2 Å². The Balaban J connectivity index is 2.02. The SMILES string of the molecule is COC1(Cc2ccc(OC(F)(F)F)cc2)CCC(C)CC1. The minimum atomic E-state index is -4.64. The van der Waals surface area contributed by atoms with Gasteiger partial charge in [-0.2, -0.15) is 0 Å². The molecule has 21 heavy (non-hydrogen) atoms. The lowest BCUT2D eigenvalue weighted by Crippen LogP contribution is -2.38. The molecule has 0 unspecified atom stereocenters. The summed E-state index contributed by atoms with van der Waals surface area (Å²) in [5.74, 6) is 0.533. The Morgan fingerprint density at radius 1 is 1.14 bits per heavy atom. The number of benzene rings is 1. The number of halogens is 3. The van der Waals surface area contributed by atoms with Crippen LogP contribution in [0.5, 0.6) is 5.75 Å². The first-order chi connectivity index (χ1) is 9.82. The van der Waals surface area contributed by atoms with E-state index in [1.165, 1.54) is 12.1 Å². The molecule has 0 aliphatic heterocycles. The molecule has 0 spiro atoms. The maximum absolute atomic E-state index is 12.1. The maximum atomic E-state index is 12.1. The highest BCUT2D eigenvalue weighted by Crippen LogP contribution is 2.37. The summed E-state index contributed by atoms with van der Waals surface area (Å²) >= 11 is 0. The Morgan fingerprint density at radius 3 is 2.19 bits per heavy atom. The van der Waals surface area contributed by atoms with Crippen molar-refractivity contribution in [3.8, 4) is 5.75 Å². The molecule has 1 aromatic rings. The van der Waals surface area contributed by atoms with E-state index in [1.807, 2.05) is 0 Å². The second kappa shape index (κ2) is 6.26. The van der Waals surface area contributed by atoms with Crippen LogP contribution in [-0.2, 0) is 11.2 Å². The van der Waals surface area contributed by atoms with Gasteiger partial charge < -0.3 is 9.47 Å². The first-order valence-corrected chi connectivity index (χ1v) is 7.22. The van der Waals surface area contributed by atoms with E-state index in [0.29, 0.717) is 0 Å². The van der Waals surface area contributed by atoms with Crippen LogP contribution >= 0.6 is 0 Å². The lowest BCUT2D eigenvalue weighted by molar-refractivity contribution is -0.274. The summed E-state index contributed by atoms with van der Waals surface area (Å²) in [6, 6.07) is 6.08. The molecule has 0 N–H and O–H groups in total. The highest BCUT2D eigenvalue weighted by Gasteiger charge is 2.34. The summed E-state index contributed by atoms with van der Waals surface area (Å²) in [6.07, 6.45) is 0.320. The molecular formula is C16H21F3O2. The molecule has 1 aliphatic rings. The number of rotatable bonds is 4. The van der Waals surface area contributed by atoms with E-state index in [9.17, 15) is 13.2 Å². The van der Waals surface area contributed by atoms with Gasteiger partial charge in [-0.3, -0.25) is 0 Å². The first-order valence-electron chi connectivity index (χ1n) is 7.22. The van der Waals surface area contributed by atoms with Crippen LogP contribution in [0.25, 0.3) is 0 Å². The summed E-state index contributed by atoms with van der Waals surface area (Å²) in [7, 11) is 1.72. The van der Waals surface area contributed by atoms with Crippen LogP contribution in [0.3, 0.4) is 0 Å². The Hall–Kier alpha value is -1.23. The van der Waals surface area contributed by atoms with Crippen LogP contribution in [0.15, 0.2) is 24.3 Å². The van der Waals surface area contributed by atoms with Crippen molar-refractivity contribution in [2.45, 2.75) is 51.0 Å². The van der Waals surface area contributed by atoms with E-state index < -0.39 is 6.36 Å². The van der Waals surface area contributed by atoms with Gasteiger partial charge >= 0.3 is 6.36 Å². The Labute approximate surface area is 123 Å². The van der Waals surface area contributed by atoms with E-state index in [2.05, 4.69) is 11.7 Å². The van der Waals surface area contributed by atoms with E-state index in [0.717, 1.165) is 43.6 Å². The zero-order chi connectivity index (χ0) is 15.5. The monoisotopic (exact) mass is 302 g/mol. The fraction of sp³-hybridized carbons (Fsp3) is 0.625. The largest absolute Gasteiger partial charge is 0.573 e. The lowest BCUT2D eigenvalue weighted by Gasteiger charge is -2.38. The summed E-state index contributed by atoms with van der Waals surface area (Å²) in [5, 5.41) is 0. The molecular weight excluding hydrogens is 281 g/mol. The van der Waals surface area contributed by atoms with Gasteiger partial charge in [-0.25, -0.2) is 0 Å². The Bertz CT molecular complexity index is 446. The van der Waals surface area contributed by atoms with Gasteiger partial charge in [-0.05, 0) is 49.3 Å². The Kier molecular flexibility index (Phi) is 4.81. The zero-order valence-corrected chi connectivity index (χ0v) is 12.4. The topological polar surface area (TPSA) is 18.5 Å². The third-order valence-electron chi connectivity index (χ3n) is 4.30. The number of methoxy groups -OCH3 is 1. The number of hydrogen-bond donors (Lipinski definition) is 0. The molecule has 1 aliphatic carbocycles. The third-order valence-corrected chi connectivity index (χ3v) is 4.30. The predicted octanol–water partition coefficient (Wildman–Crippen LogP) is 4.72. The van der Waals surface area contributed by atoms with Gasteiger partial charge in [0, 0.05) is 13.5 Å². The third kappa shape index (κ3) is 4.63. The minimum Gasteiger partial charge on any atom is -0.406 e. The van der Waals surface area contributed by atoms with Crippen molar-refractivity contribution in [1.82, 2.24) is 0 Å². The average molecular weight is 302 g/mol. The molecule has 0 bridgehead atoms.